The van der Waals surface area contributed by atoms with Crippen LogP contribution in [0.3, 0.4) is 0 Å². The molecule has 0 amide bonds. The van der Waals surface area contributed by atoms with E-state index in [0.717, 1.165) is 0 Å². The monoisotopic (exact) mass is 202 g/mol. The second-order valence-corrected chi connectivity index (χ2v) is 3.85. The van der Waals surface area contributed by atoms with Gasteiger partial charge in [0.1, 0.15) is 0 Å². The van der Waals surface area contributed by atoms with E-state index in [-0.39, 0.29) is 9.85 Å². The van der Waals surface area contributed by atoms with E-state index in [1.807, 2.05) is 0 Å². The number of nitro groups is 2. The lowest BCUT2D eigenvalue weighted by Gasteiger charge is -2.29. The van der Waals surface area contributed by atoms with Crippen molar-refractivity contribution in [2.24, 2.45) is 0 Å². The van der Waals surface area contributed by atoms with E-state index in [0.29, 0.717) is 32.1 Å². The van der Waals surface area contributed by atoms with Crippen molar-refractivity contribution >= 4 is 0 Å². The van der Waals surface area contributed by atoms with Crippen molar-refractivity contribution in [1.29, 1.82) is 0 Å². The van der Waals surface area contributed by atoms with Crippen molar-refractivity contribution < 1.29 is 9.85 Å². The summed E-state index contributed by atoms with van der Waals surface area (Å²) in [5, 5.41) is 21.3. The average molecular weight is 202 g/mol. The molecule has 0 aromatic carbocycles. The van der Waals surface area contributed by atoms with Gasteiger partial charge in [-0.25, -0.2) is 0 Å². The third kappa shape index (κ3) is 1.83. The Hall–Kier alpha value is -1.20. The van der Waals surface area contributed by atoms with Crippen molar-refractivity contribution in [3.63, 3.8) is 0 Å². The van der Waals surface area contributed by atoms with E-state index in [1.165, 1.54) is 0 Å². The smallest absolute Gasteiger partial charge is 0.222 e. The Labute approximate surface area is 81.6 Å². The first-order chi connectivity index (χ1) is 6.52. The molecule has 1 rings (SSSR count). The number of hydrogen-bond donors (Lipinski definition) is 0. The van der Waals surface area contributed by atoms with E-state index < -0.39 is 11.6 Å². The standard InChI is InChI=1S/C8H14N2O4/c1-2-8(10(13)14)5-3-7(4-6-8)9(11)12/h7H,2-6H2,1H3. The van der Waals surface area contributed by atoms with Crippen molar-refractivity contribution in [2.75, 3.05) is 0 Å². The summed E-state index contributed by atoms with van der Waals surface area (Å²) in [7, 11) is 0. The van der Waals surface area contributed by atoms with Crippen LogP contribution in [0.25, 0.3) is 0 Å². The van der Waals surface area contributed by atoms with Crippen LogP contribution in [0.4, 0.5) is 0 Å². The zero-order valence-electron chi connectivity index (χ0n) is 8.14. The van der Waals surface area contributed by atoms with Crippen LogP contribution in [0.15, 0.2) is 0 Å². The molecule has 0 aliphatic heterocycles. The molecule has 1 saturated carbocycles. The lowest BCUT2D eigenvalue weighted by atomic mass is 9.78. The van der Waals surface area contributed by atoms with Gasteiger partial charge in [-0.3, -0.25) is 20.2 Å². The minimum absolute atomic E-state index is 0.261. The molecule has 1 aliphatic carbocycles. The van der Waals surface area contributed by atoms with Gasteiger partial charge < -0.3 is 0 Å². The summed E-state index contributed by atoms with van der Waals surface area (Å²) in [4.78, 5) is 20.7. The molecule has 6 nitrogen and oxygen atoms in total. The van der Waals surface area contributed by atoms with Crippen molar-refractivity contribution in [2.45, 2.75) is 50.6 Å². The van der Waals surface area contributed by atoms with E-state index >= 15 is 0 Å². The molecule has 0 heterocycles. The van der Waals surface area contributed by atoms with Crippen LogP contribution in [-0.4, -0.2) is 21.4 Å². The molecule has 1 fully saturated rings. The highest BCUT2D eigenvalue weighted by atomic mass is 16.6. The molecule has 0 spiro atoms. The third-order valence-electron chi connectivity index (χ3n) is 3.23. The Morgan fingerprint density at radius 2 is 1.79 bits per heavy atom. The van der Waals surface area contributed by atoms with Gasteiger partial charge in [0.25, 0.3) is 0 Å². The second-order valence-electron chi connectivity index (χ2n) is 3.85. The molecule has 1 aliphatic rings. The van der Waals surface area contributed by atoms with Crippen LogP contribution in [0.2, 0.25) is 0 Å². The van der Waals surface area contributed by atoms with Gasteiger partial charge in [0.05, 0.1) is 0 Å². The molecular weight excluding hydrogens is 188 g/mol. The van der Waals surface area contributed by atoms with E-state index in [9.17, 15) is 20.2 Å². The Balaban J connectivity index is 2.64. The fourth-order valence-electron chi connectivity index (χ4n) is 2.02. The quantitative estimate of drug-likeness (QED) is 0.514. The van der Waals surface area contributed by atoms with Gasteiger partial charge >= 0.3 is 0 Å². The van der Waals surface area contributed by atoms with Crippen LogP contribution in [0, 0.1) is 20.2 Å². The maximum absolute atomic E-state index is 10.8. The minimum atomic E-state index is -0.896. The first kappa shape index (κ1) is 10.9. The molecule has 0 N–H and O–H groups in total. The van der Waals surface area contributed by atoms with E-state index in [1.54, 1.807) is 6.92 Å². The fourth-order valence-corrected chi connectivity index (χ4v) is 2.02. The maximum atomic E-state index is 10.8. The zero-order chi connectivity index (χ0) is 10.8. The fraction of sp³-hybridized carbons (Fsp3) is 1.00. The summed E-state index contributed by atoms with van der Waals surface area (Å²) in [6, 6.07) is -0.574. The Bertz CT molecular complexity index is 246. The second kappa shape index (κ2) is 3.89. The van der Waals surface area contributed by atoms with Crippen LogP contribution in [0.5, 0.6) is 0 Å². The first-order valence-electron chi connectivity index (χ1n) is 4.80. The van der Waals surface area contributed by atoms with Crippen LogP contribution >= 0.6 is 0 Å². The topological polar surface area (TPSA) is 86.3 Å². The van der Waals surface area contributed by atoms with Gasteiger partial charge in [-0.1, -0.05) is 6.92 Å². The van der Waals surface area contributed by atoms with Crippen molar-refractivity contribution in [3.05, 3.63) is 20.2 Å². The molecule has 80 valence electrons. The molecule has 0 aromatic rings. The highest BCUT2D eigenvalue weighted by Gasteiger charge is 2.46. The van der Waals surface area contributed by atoms with Crippen molar-refractivity contribution in [1.82, 2.24) is 0 Å². The Morgan fingerprint density at radius 1 is 1.29 bits per heavy atom. The van der Waals surface area contributed by atoms with E-state index in [2.05, 4.69) is 0 Å². The van der Waals surface area contributed by atoms with Gasteiger partial charge in [0.2, 0.25) is 11.6 Å². The molecule has 0 radical (unpaired) electrons. The van der Waals surface area contributed by atoms with E-state index in [4.69, 9.17) is 0 Å². The number of hydrogen-bond acceptors (Lipinski definition) is 4. The lowest BCUT2D eigenvalue weighted by molar-refractivity contribution is -0.589. The van der Waals surface area contributed by atoms with Gasteiger partial charge in [0.15, 0.2) is 0 Å². The Morgan fingerprint density at radius 3 is 2.07 bits per heavy atom. The summed E-state index contributed by atoms with van der Waals surface area (Å²) in [6.45, 7) is 1.77. The summed E-state index contributed by atoms with van der Waals surface area (Å²) in [6.07, 6.45) is 1.80. The maximum Gasteiger partial charge on any atom is 0.222 e. The molecule has 0 aromatic heterocycles. The summed E-state index contributed by atoms with van der Waals surface area (Å²) in [5.41, 5.74) is -0.896. The molecule has 14 heavy (non-hydrogen) atoms. The highest BCUT2D eigenvalue weighted by Crippen LogP contribution is 2.34. The normalized spacial score (nSPS) is 32.5. The Kier molecular flexibility index (Phi) is 3.03. The molecule has 0 bridgehead atoms. The average Bonchev–Trinajstić information content (AvgIpc) is 2.17. The summed E-state index contributed by atoms with van der Waals surface area (Å²) >= 11 is 0. The molecular formula is C8H14N2O4. The summed E-state index contributed by atoms with van der Waals surface area (Å²) in [5.74, 6) is 0. The molecule has 0 saturated heterocycles. The SMILES string of the molecule is CCC1([N+](=O)[O-])CCC([N+](=O)[O-])CC1. The van der Waals surface area contributed by atoms with Gasteiger partial charge in [-0.05, 0) is 0 Å². The summed E-state index contributed by atoms with van der Waals surface area (Å²) < 4.78 is 0. The predicted octanol–water partition coefficient (Wildman–Crippen LogP) is 1.63. The van der Waals surface area contributed by atoms with Crippen molar-refractivity contribution in [3.8, 4) is 0 Å². The number of nitrogens with zero attached hydrogens (tertiary/aromatic N) is 2. The van der Waals surface area contributed by atoms with Gasteiger partial charge in [-0.15, -0.1) is 0 Å². The molecule has 0 atom stereocenters. The zero-order valence-corrected chi connectivity index (χ0v) is 8.14. The van der Waals surface area contributed by atoms with Gasteiger partial charge in [-0.2, -0.15) is 0 Å². The van der Waals surface area contributed by atoms with Gasteiger partial charge in [0, 0.05) is 42.0 Å². The van der Waals surface area contributed by atoms with Crippen LogP contribution in [0.1, 0.15) is 39.0 Å². The highest BCUT2D eigenvalue weighted by molar-refractivity contribution is 4.85. The first-order valence-corrected chi connectivity index (χ1v) is 4.80. The minimum Gasteiger partial charge on any atom is -0.264 e. The predicted molar refractivity (Wildman–Crippen MR) is 49.3 cm³/mol. The third-order valence-corrected chi connectivity index (χ3v) is 3.23. The largest absolute Gasteiger partial charge is 0.264 e. The van der Waals surface area contributed by atoms with Crippen LogP contribution < -0.4 is 0 Å². The van der Waals surface area contributed by atoms with Crippen LogP contribution in [-0.2, 0) is 0 Å². The molecule has 0 unspecified atom stereocenters. The molecule has 6 heteroatoms. The lowest BCUT2D eigenvalue weighted by Crippen LogP contribution is -2.44. The number of rotatable bonds is 3.